The molecule has 0 bridgehead atoms. The highest BCUT2D eigenvalue weighted by Gasteiger charge is 2.36. The van der Waals surface area contributed by atoms with Gasteiger partial charge < -0.3 is 5.32 Å². The van der Waals surface area contributed by atoms with Gasteiger partial charge >= 0.3 is 0 Å². The van der Waals surface area contributed by atoms with E-state index in [2.05, 4.69) is 20.0 Å². The molecule has 1 fully saturated rings. The van der Waals surface area contributed by atoms with E-state index in [0.29, 0.717) is 22.0 Å². The van der Waals surface area contributed by atoms with E-state index >= 15 is 0 Å². The molecule has 10 nitrogen and oxygen atoms in total. The zero-order valence-electron chi connectivity index (χ0n) is 19.6. The summed E-state index contributed by atoms with van der Waals surface area (Å²) in [7, 11) is -3.96. The van der Waals surface area contributed by atoms with Gasteiger partial charge in [-0.2, -0.15) is 0 Å². The molecule has 1 saturated heterocycles. The average Bonchev–Trinajstić information content (AvgIpc) is 3.07. The lowest BCUT2D eigenvalue weighted by atomic mass is 10.2. The number of nitrogens with zero attached hydrogens (tertiary/aromatic N) is 3. The van der Waals surface area contributed by atoms with Crippen LogP contribution in [0.25, 0.3) is 6.08 Å². The maximum atomic E-state index is 12.7. The summed E-state index contributed by atoms with van der Waals surface area (Å²) in [6, 6.07) is 13.8. The maximum absolute atomic E-state index is 12.7. The molecule has 1 aliphatic heterocycles. The molecule has 0 saturated carbocycles. The minimum absolute atomic E-state index is 0.0443. The minimum atomic E-state index is -3.96. The smallest absolute Gasteiger partial charge is 0.294 e. The summed E-state index contributed by atoms with van der Waals surface area (Å²) in [6.45, 7) is 2.96. The van der Waals surface area contributed by atoms with E-state index in [1.807, 2.05) is 0 Å². The number of sulfonamides is 1. The van der Waals surface area contributed by atoms with Crippen molar-refractivity contribution in [3.8, 4) is 0 Å². The molecule has 0 spiro atoms. The zero-order valence-corrected chi connectivity index (χ0v) is 21.9. The predicted octanol–water partition coefficient (Wildman–Crippen LogP) is 4.22. The minimum Gasteiger partial charge on any atom is -0.325 e. The van der Waals surface area contributed by atoms with Crippen LogP contribution in [-0.2, 0) is 19.6 Å². The second kappa shape index (κ2) is 10.7. The van der Waals surface area contributed by atoms with Crippen LogP contribution in [0, 0.1) is 13.8 Å². The Kier molecular flexibility index (Phi) is 7.62. The summed E-state index contributed by atoms with van der Waals surface area (Å²) < 4.78 is 27.7. The molecule has 0 aliphatic carbocycles. The van der Waals surface area contributed by atoms with E-state index in [1.165, 1.54) is 24.3 Å². The third-order valence-electron chi connectivity index (χ3n) is 5.00. The summed E-state index contributed by atoms with van der Waals surface area (Å²) in [4.78, 5) is 46.6. The van der Waals surface area contributed by atoms with Gasteiger partial charge in [0.1, 0.15) is 6.54 Å². The lowest BCUT2D eigenvalue weighted by Crippen LogP contribution is -2.36. The molecule has 0 unspecified atom stereocenters. The first-order valence-electron chi connectivity index (χ1n) is 10.8. The highest BCUT2D eigenvalue weighted by atomic mass is 35.5. The Morgan fingerprint density at radius 1 is 1.03 bits per heavy atom. The van der Waals surface area contributed by atoms with Gasteiger partial charge in [-0.1, -0.05) is 23.7 Å². The number of hydrogen-bond acceptors (Lipinski definition) is 8. The van der Waals surface area contributed by atoms with E-state index in [1.54, 1.807) is 50.3 Å². The molecule has 0 atom stereocenters. The molecule has 3 amide bonds. The zero-order chi connectivity index (χ0) is 26.7. The van der Waals surface area contributed by atoms with Crippen LogP contribution in [-0.4, -0.2) is 46.9 Å². The highest BCUT2D eigenvalue weighted by molar-refractivity contribution is 8.18. The number of rotatable bonds is 7. The van der Waals surface area contributed by atoms with Gasteiger partial charge in [0.15, 0.2) is 0 Å². The number of nitrogens with one attached hydrogen (secondary N) is 2. The van der Waals surface area contributed by atoms with Gasteiger partial charge in [-0.25, -0.2) is 23.1 Å². The topological polar surface area (TPSA) is 138 Å². The van der Waals surface area contributed by atoms with E-state index in [9.17, 15) is 22.8 Å². The van der Waals surface area contributed by atoms with Gasteiger partial charge in [-0.3, -0.25) is 19.3 Å². The van der Waals surface area contributed by atoms with Crippen molar-refractivity contribution in [2.24, 2.45) is 0 Å². The Hall–Kier alpha value is -3.74. The van der Waals surface area contributed by atoms with Crippen molar-refractivity contribution in [3.63, 3.8) is 0 Å². The quantitative estimate of drug-likeness (QED) is 0.412. The summed E-state index contributed by atoms with van der Waals surface area (Å²) in [5.41, 5.74) is 2.21. The molecule has 4 rings (SSSR count). The van der Waals surface area contributed by atoms with Crippen molar-refractivity contribution >= 4 is 68.2 Å². The fraction of sp³-hybridized carbons (Fsp3) is 0.125. The second-order valence-corrected chi connectivity index (χ2v) is 11.1. The third-order valence-corrected chi connectivity index (χ3v) is 7.50. The molecule has 190 valence electrons. The molecule has 1 aromatic heterocycles. The SMILES string of the molecule is Cc1cc(C)nc(NS(=O)(=O)c2ccc(NC(=O)CN3C(=O)SC(=Cc4ccc(Cl)cc4)C3=O)cc2)n1. The van der Waals surface area contributed by atoms with Crippen LogP contribution in [0.2, 0.25) is 5.02 Å². The van der Waals surface area contributed by atoms with E-state index in [0.717, 1.165) is 16.7 Å². The number of thioether (sulfide) groups is 1. The first-order chi connectivity index (χ1) is 17.5. The Labute approximate surface area is 222 Å². The molecule has 2 heterocycles. The summed E-state index contributed by atoms with van der Waals surface area (Å²) in [5.74, 6) is -1.24. The van der Waals surface area contributed by atoms with Crippen LogP contribution in [0.3, 0.4) is 0 Å². The van der Waals surface area contributed by atoms with Gasteiger partial charge in [0, 0.05) is 22.1 Å². The van der Waals surface area contributed by atoms with Crippen molar-refractivity contribution in [3.05, 3.63) is 81.5 Å². The first-order valence-corrected chi connectivity index (χ1v) is 13.4. The van der Waals surface area contributed by atoms with E-state index in [-0.39, 0.29) is 21.4 Å². The van der Waals surface area contributed by atoms with E-state index < -0.39 is 33.6 Å². The molecule has 0 radical (unpaired) electrons. The van der Waals surface area contributed by atoms with Gasteiger partial charge in [0.25, 0.3) is 21.2 Å². The van der Waals surface area contributed by atoms with Gasteiger partial charge in [0.2, 0.25) is 11.9 Å². The number of hydrogen-bond donors (Lipinski definition) is 2. The largest absolute Gasteiger partial charge is 0.325 e. The van der Waals surface area contributed by atoms with Crippen molar-refractivity contribution < 1.29 is 22.8 Å². The normalized spacial score (nSPS) is 14.8. The number of halogens is 1. The number of aryl methyl sites for hydroxylation is 2. The second-order valence-electron chi connectivity index (χ2n) is 7.97. The predicted molar refractivity (Wildman–Crippen MR) is 142 cm³/mol. The van der Waals surface area contributed by atoms with Crippen LogP contribution in [0.15, 0.2) is 64.4 Å². The number of anilines is 2. The van der Waals surface area contributed by atoms with Crippen molar-refractivity contribution in [2.45, 2.75) is 18.7 Å². The molecule has 2 N–H and O–H groups in total. The lowest BCUT2D eigenvalue weighted by molar-refractivity contribution is -0.127. The molecular formula is C24H20ClN5O5S2. The number of imide groups is 1. The molecular weight excluding hydrogens is 538 g/mol. The van der Waals surface area contributed by atoms with E-state index in [4.69, 9.17) is 11.6 Å². The number of benzene rings is 2. The Morgan fingerprint density at radius 3 is 2.27 bits per heavy atom. The number of carbonyl (C=O) groups is 3. The van der Waals surface area contributed by atoms with Crippen molar-refractivity contribution in [1.29, 1.82) is 0 Å². The molecule has 1 aliphatic rings. The van der Waals surface area contributed by atoms with Crippen LogP contribution in [0.4, 0.5) is 16.4 Å². The van der Waals surface area contributed by atoms with Crippen LogP contribution < -0.4 is 10.0 Å². The fourth-order valence-electron chi connectivity index (χ4n) is 3.36. The van der Waals surface area contributed by atoms with Crippen LogP contribution in [0.5, 0.6) is 0 Å². The van der Waals surface area contributed by atoms with Crippen LogP contribution >= 0.6 is 23.4 Å². The van der Waals surface area contributed by atoms with Crippen LogP contribution in [0.1, 0.15) is 17.0 Å². The first kappa shape index (κ1) is 26.3. The van der Waals surface area contributed by atoms with Gasteiger partial charge in [-0.15, -0.1) is 0 Å². The fourth-order valence-corrected chi connectivity index (χ4v) is 5.27. The number of amides is 3. The molecule has 3 aromatic rings. The van der Waals surface area contributed by atoms with Crippen molar-refractivity contribution in [1.82, 2.24) is 14.9 Å². The lowest BCUT2D eigenvalue weighted by Gasteiger charge is -2.13. The Bertz CT molecular complexity index is 1500. The molecule has 37 heavy (non-hydrogen) atoms. The van der Waals surface area contributed by atoms with Gasteiger partial charge in [-0.05, 0) is 79.7 Å². The van der Waals surface area contributed by atoms with Crippen molar-refractivity contribution in [2.75, 3.05) is 16.6 Å². The van der Waals surface area contributed by atoms with Gasteiger partial charge in [0.05, 0.1) is 9.80 Å². The average molecular weight is 558 g/mol. The Balaban J connectivity index is 1.39. The Morgan fingerprint density at radius 2 is 1.65 bits per heavy atom. The summed E-state index contributed by atoms with van der Waals surface area (Å²) in [6.07, 6.45) is 1.55. The molecule has 2 aromatic carbocycles. The summed E-state index contributed by atoms with van der Waals surface area (Å²) >= 11 is 6.60. The monoisotopic (exact) mass is 557 g/mol. The molecule has 13 heteroatoms. The summed E-state index contributed by atoms with van der Waals surface area (Å²) in [5, 5.41) is 2.53. The number of aromatic nitrogens is 2. The highest BCUT2D eigenvalue weighted by Crippen LogP contribution is 2.32. The standard InChI is InChI=1S/C24H20ClN5O5S2/c1-14-11-15(2)27-23(26-14)29-37(34,35)19-9-7-18(8-10-19)28-21(31)13-30-22(32)20(36-24(30)33)12-16-3-5-17(25)6-4-16/h3-12H,13H2,1-2H3,(H,28,31)(H,26,27,29). The number of carbonyl (C=O) groups excluding carboxylic acids is 3. The third kappa shape index (κ3) is 6.53. The maximum Gasteiger partial charge on any atom is 0.294 e.